The van der Waals surface area contributed by atoms with Crippen molar-refractivity contribution in [3.8, 4) is 0 Å². The number of likely N-dealkylation sites (N-methyl/N-ethyl adjacent to an activating group) is 1. The fraction of sp³-hybridized carbons (Fsp3) is 0.560. The molecule has 0 saturated carbocycles. The standard InChI is InChI=1S/C25H36ClN5O4/c1-6-35-22(32)20-19(29(5)23(33)27-21(20)17-10-7-8-11-18(17)26)16-30-12-9-13-31(15-14-30)24(34)28-25(2,3)4/h7-8,10-11,21H,6,9,12-16H2,1-5H3,(H,27,33)(H,28,34)/t21-/m0/s1. The van der Waals surface area contributed by atoms with Gasteiger partial charge < -0.3 is 20.3 Å². The molecule has 9 nitrogen and oxygen atoms in total. The highest BCUT2D eigenvalue weighted by Gasteiger charge is 2.38. The number of amides is 4. The van der Waals surface area contributed by atoms with E-state index in [-0.39, 0.29) is 24.2 Å². The molecule has 192 valence electrons. The SMILES string of the molecule is CCOC(=O)C1=C(CN2CCCN(C(=O)NC(C)(C)C)CC2)N(C)C(=O)N[C@H]1c1ccccc1Cl. The van der Waals surface area contributed by atoms with E-state index in [0.717, 1.165) is 13.0 Å². The summed E-state index contributed by atoms with van der Waals surface area (Å²) in [6, 6.07) is 6.03. The van der Waals surface area contributed by atoms with E-state index >= 15 is 0 Å². The molecular weight excluding hydrogens is 470 g/mol. The summed E-state index contributed by atoms with van der Waals surface area (Å²) in [4.78, 5) is 44.2. The lowest BCUT2D eigenvalue weighted by atomic mass is 9.94. The number of nitrogens with one attached hydrogen (secondary N) is 2. The predicted molar refractivity (Wildman–Crippen MR) is 135 cm³/mol. The van der Waals surface area contributed by atoms with E-state index in [4.69, 9.17) is 16.3 Å². The minimum absolute atomic E-state index is 0.0845. The molecule has 0 spiro atoms. The minimum atomic E-state index is -0.720. The van der Waals surface area contributed by atoms with Crippen LogP contribution >= 0.6 is 11.6 Å². The third-order valence-corrected chi connectivity index (χ3v) is 6.36. The van der Waals surface area contributed by atoms with Gasteiger partial charge in [0.05, 0.1) is 18.2 Å². The number of ether oxygens (including phenoxy) is 1. The van der Waals surface area contributed by atoms with E-state index in [1.807, 2.05) is 31.7 Å². The zero-order valence-electron chi connectivity index (χ0n) is 21.2. The number of carbonyl (C=O) groups excluding carboxylic acids is 3. The molecule has 0 unspecified atom stereocenters. The molecule has 0 aliphatic carbocycles. The lowest BCUT2D eigenvalue weighted by molar-refractivity contribution is -0.139. The molecule has 2 aliphatic heterocycles. The van der Waals surface area contributed by atoms with Gasteiger partial charge in [-0.25, -0.2) is 14.4 Å². The van der Waals surface area contributed by atoms with Crippen molar-refractivity contribution in [2.45, 2.75) is 45.7 Å². The number of halogens is 1. The normalized spacial score (nSPS) is 19.8. The van der Waals surface area contributed by atoms with Gasteiger partial charge in [0.2, 0.25) is 0 Å². The smallest absolute Gasteiger partial charge is 0.338 e. The van der Waals surface area contributed by atoms with Crippen molar-refractivity contribution in [3.63, 3.8) is 0 Å². The van der Waals surface area contributed by atoms with Crippen LogP contribution in [0, 0.1) is 0 Å². The Hall–Kier alpha value is -2.78. The van der Waals surface area contributed by atoms with Crippen molar-refractivity contribution < 1.29 is 19.1 Å². The molecule has 2 heterocycles. The van der Waals surface area contributed by atoms with Crippen molar-refractivity contribution in [1.29, 1.82) is 0 Å². The Labute approximate surface area is 212 Å². The van der Waals surface area contributed by atoms with Crippen molar-refractivity contribution >= 4 is 29.6 Å². The summed E-state index contributed by atoms with van der Waals surface area (Å²) < 4.78 is 5.40. The summed E-state index contributed by atoms with van der Waals surface area (Å²) in [6.07, 6.45) is 0.781. The Morgan fingerprint density at radius 2 is 1.89 bits per heavy atom. The monoisotopic (exact) mass is 505 g/mol. The van der Waals surface area contributed by atoms with Crippen LogP contribution in [0.4, 0.5) is 9.59 Å². The number of rotatable bonds is 5. The van der Waals surface area contributed by atoms with E-state index in [0.29, 0.717) is 48.0 Å². The maximum atomic E-state index is 13.2. The first kappa shape index (κ1) is 26.8. The third kappa shape index (κ3) is 6.67. The predicted octanol–water partition coefficient (Wildman–Crippen LogP) is 3.37. The lowest BCUT2D eigenvalue weighted by Crippen LogP contribution is -2.50. The van der Waals surface area contributed by atoms with Gasteiger partial charge in [0.15, 0.2) is 0 Å². The highest BCUT2D eigenvalue weighted by Crippen LogP contribution is 2.34. The second-order valence-electron chi connectivity index (χ2n) is 9.84. The van der Waals surface area contributed by atoms with Crippen LogP contribution in [0.5, 0.6) is 0 Å². The van der Waals surface area contributed by atoms with Crippen molar-refractivity contribution in [3.05, 3.63) is 46.1 Å². The number of nitrogens with zero attached hydrogens (tertiary/aromatic N) is 3. The van der Waals surface area contributed by atoms with Gasteiger partial charge in [0.25, 0.3) is 0 Å². The van der Waals surface area contributed by atoms with E-state index < -0.39 is 12.0 Å². The first-order chi connectivity index (χ1) is 16.5. The highest BCUT2D eigenvalue weighted by atomic mass is 35.5. The van der Waals surface area contributed by atoms with E-state index in [2.05, 4.69) is 15.5 Å². The molecule has 4 amide bonds. The van der Waals surface area contributed by atoms with Crippen molar-refractivity contribution in [2.24, 2.45) is 0 Å². The molecule has 1 saturated heterocycles. The van der Waals surface area contributed by atoms with Gasteiger partial charge in [0.1, 0.15) is 0 Å². The minimum Gasteiger partial charge on any atom is -0.463 e. The van der Waals surface area contributed by atoms with E-state index in [1.165, 1.54) is 4.90 Å². The van der Waals surface area contributed by atoms with Crippen LogP contribution in [0.3, 0.4) is 0 Å². The van der Waals surface area contributed by atoms with Crippen LogP contribution < -0.4 is 10.6 Å². The summed E-state index contributed by atoms with van der Waals surface area (Å²) in [5.74, 6) is -0.486. The molecule has 1 fully saturated rings. The average Bonchev–Trinajstić information content (AvgIpc) is 3.02. The van der Waals surface area contributed by atoms with Gasteiger partial charge >= 0.3 is 18.0 Å². The molecule has 3 rings (SSSR count). The summed E-state index contributed by atoms with van der Waals surface area (Å²) in [6.45, 7) is 10.7. The zero-order chi connectivity index (χ0) is 25.8. The molecule has 1 atom stereocenters. The molecule has 0 radical (unpaired) electrons. The Morgan fingerprint density at radius 3 is 2.54 bits per heavy atom. The first-order valence-corrected chi connectivity index (χ1v) is 12.4. The Bertz CT molecular complexity index is 990. The Balaban J connectivity index is 1.89. The van der Waals surface area contributed by atoms with Crippen LogP contribution in [0.25, 0.3) is 0 Å². The second kappa shape index (κ2) is 11.3. The summed E-state index contributed by atoms with van der Waals surface area (Å²) in [7, 11) is 1.65. The van der Waals surface area contributed by atoms with Crippen LogP contribution in [-0.2, 0) is 9.53 Å². The molecule has 1 aromatic carbocycles. The van der Waals surface area contributed by atoms with Crippen LogP contribution in [0.1, 0.15) is 45.7 Å². The quantitative estimate of drug-likeness (QED) is 0.598. The largest absolute Gasteiger partial charge is 0.463 e. The van der Waals surface area contributed by atoms with E-state index in [9.17, 15) is 14.4 Å². The maximum absolute atomic E-state index is 13.2. The van der Waals surface area contributed by atoms with Crippen LogP contribution in [-0.4, -0.2) is 84.6 Å². The van der Waals surface area contributed by atoms with Gasteiger partial charge in [0, 0.05) is 56.0 Å². The van der Waals surface area contributed by atoms with Crippen molar-refractivity contribution in [1.82, 2.24) is 25.3 Å². The average molecular weight is 506 g/mol. The number of carbonyl (C=O) groups is 3. The molecule has 2 aliphatic rings. The fourth-order valence-corrected chi connectivity index (χ4v) is 4.53. The molecule has 0 bridgehead atoms. The molecule has 0 aromatic heterocycles. The topological polar surface area (TPSA) is 94.2 Å². The first-order valence-electron chi connectivity index (χ1n) is 12.0. The number of hydrogen-bond donors (Lipinski definition) is 2. The van der Waals surface area contributed by atoms with E-state index in [1.54, 1.807) is 32.2 Å². The lowest BCUT2D eigenvalue weighted by Gasteiger charge is -2.36. The van der Waals surface area contributed by atoms with Gasteiger partial charge in [-0.2, -0.15) is 0 Å². The van der Waals surface area contributed by atoms with Gasteiger partial charge in [-0.05, 0) is 45.7 Å². The maximum Gasteiger partial charge on any atom is 0.338 e. The fourth-order valence-electron chi connectivity index (χ4n) is 4.28. The molecule has 10 heteroatoms. The second-order valence-corrected chi connectivity index (χ2v) is 10.2. The molecule has 1 aromatic rings. The Morgan fingerprint density at radius 1 is 1.17 bits per heavy atom. The van der Waals surface area contributed by atoms with Gasteiger partial charge in [-0.3, -0.25) is 9.80 Å². The molecule has 35 heavy (non-hydrogen) atoms. The van der Waals surface area contributed by atoms with Crippen LogP contribution in [0.2, 0.25) is 5.02 Å². The zero-order valence-corrected chi connectivity index (χ0v) is 21.9. The molecular formula is C25H36ClN5O4. The molecule has 2 N–H and O–H groups in total. The summed E-state index contributed by atoms with van der Waals surface area (Å²) in [5.41, 5.74) is 1.27. The van der Waals surface area contributed by atoms with Gasteiger partial charge in [-0.1, -0.05) is 29.8 Å². The number of esters is 1. The number of urea groups is 2. The third-order valence-electron chi connectivity index (χ3n) is 6.02. The number of hydrogen-bond acceptors (Lipinski definition) is 5. The van der Waals surface area contributed by atoms with Crippen LogP contribution in [0.15, 0.2) is 35.5 Å². The number of benzene rings is 1. The summed E-state index contributed by atoms with van der Waals surface area (Å²) in [5, 5.41) is 6.37. The highest BCUT2D eigenvalue weighted by molar-refractivity contribution is 6.31. The Kier molecular flexibility index (Phi) is 8.66. The van der Waals surface area contributed by atoms with Crippen molar-refractivity contribution in [2.75, 3.05) is 46.4 Å². The van der Waals surface area contributed by atoms with Gasteiger partial charge in [-0.15, -0.1) is 0 Å². The summed E-state index contributed by atoms with van der Waals surface area (Å²) >= 11 is 6.45.